The molecule has 1 saturated carbocycles. The summed E-state index contributed by atoms with van der Waals surface area (Å²) in [6.07, 6.45) is 5.21. The van der Waals surface area contributed by atoms with E-state index in [2.05, 4.69) is 0 Å². The minimum absolute atomic E-state index is 0.210. The Kier molecular flexibility index (Phi) is 7.76. The van der Waals surface area contributed by atoms with Crippen molar-refractivity contribution in [3.05, 3.63) is 0 Å². The Labute approximate surface area is 98.4 Å². The molecule has 0 aromatic carbocycles. The fourth-order valence-electron chi connectivity index (χ4n) is 2.10. The van der Waals surface area contributed by atoms with Crippen molar-refractivity contribution >= 4 is 0 Å². The quantitative estimate of drug-likeness (QED) is 0.605. The first-order chi connectivity index (χ1) is 7.84. The molecule has 0 aromatic heterocycles. The molecule has 4 nitrogen and oxygen atoms in total. The smallest absolute Gasteiger partial charge is 0.0701 e. The van der Waals surface area contributed by atoms with Gasteiger partial charge in [0.1, 0.15) is 0 Å². The predicted molar refractivity (Wildman–Crippen MR) is 63.4 cm³/mol. The first-order valence-corrected chi connectivity index (χ1v) is 6.24. The summed E-state index contributed by atoms with van der Waals surface area (Å²) < 4.78 is 15.7. The van der Waals surface area contributed by atoms with Gasteiger partial charge in [0.25, 0.3) is 0 Å². The number of methoxy groups -OCH3 is 1. The molecular formula is C12H25NO3. The van der Waals surface area contributed by atoms with Gasteiger partial charge in [-0.1, -0.05) is 12.8 Å². The van der Waals surface area contributed by atoms with Crippen LogP contribution in [0.4, 0.5) is 0 Å². The van der Waals surface area contributed by atoms with Gasteiger partial charge in [-0.2, -0.15) is 0 Å². The second kappa shape index (κ2) is 8.93. The summed E-state index contributed by atoms with van der Waals surface area (Å²) in [4.78, 5) is 0. The largest absolute Gasteiger partial charge is 0.382 e. The van der Waals surface area contributed by atoms with Crippen LogP contribution in [0.3, 0.4) is 0 Å². The van der Waals surface area contributed by atoms with Crippen molar-refractivity contribution in [3.8, 4) is 0 Å². The summed E-state index contributed by atoms with van der Waals surface area (Å²) >= 11 is 0. The normalized spacial score (nSPS) is 19.1. The summed E-state index contributed by atoms with van der Waals surface area (Å²) in [6.45, 7) is 3.19. The molecule has 1 unspecified atom stereocenters. The highest BCUT2D eigenvalue weighted by Crippen LogP contribution is 2.26. The van der Waals surface area contributed by atoms with E-state index in [-0.39, 0.29) is 6.04 Å². The zero-order valence-electron chi connectivity index (χ0n) is 10.3. The molecule has 1 fully saturated rings. The van der Waals surface area contributed by atoms with Gasteiger partial charge in [0.05, 0.1) is 33.0 Å². The maximum absolute atomic E-state index is 6.06. The molecule has 1 rings (SSSR count). The zero-order chi connectivity index (χ0) is 11.6. The third kappa shape index (κ3) is 5.80. The molecule has 16 heavy (non-hydrogen) atoms. The van der Waals surface area contributed by atoms with E-state index in [1.54, 1.807) is 7.11 Å². The second-order valence-electron chi connectivity index (χ2n) is 4.39. The van der Waals surface area contributed by atoms with Crippen LogP contribution in [0.25, 0.3) is 0 Å². The lowest BCUT2D eigenvalue weighted by Crippen LogP contribution is -2.33. The summed E-state index contributed by atoms with van der Waals surface area (Å²) in [5.74, 6) is 0.675. The van der Waals surface area contributed by atoms with Crippen molar-refractivity contribution < 1.29 is 14.2 Å². The van der Waals surface area contributed by atoms with Gasteiger partial charge < -0.3 is 19.9 Å². The molecule has 0 amide bonds. The molecule has 0 spiro atoms. The molecule has 0 heterocycles. The molecule has 2 N–H and O–H groups in total. The van der Waals surface area contributed by atoms with E-state index in [4.69, 9.17) is 19.9 Å². The molecule has 0 radical (unpaired) electrons. The Balaban J connectivity index is 1.86. The van der Waals surface area contributed by atoms with Crippen LogP contribution in [0.1, 0.15) is 25.7 Å². The maximum atomic E-state index is 6.06. The second-order valence-corrected chi connectivity index (χ2v) is 4.39. The number of hydrogen-bond acceptors (Lipinski definition) is 4. The summed E-state index contributed by atoms with van der Waals surface area (Å²) in [6, 6.07) is 0.210. The fourth-order valence-corrected chi connectivity index (χ4v) is 2.10. The van der Waals surface area contributed by atoms with Gasteiger partial charge in [-0.15, -0.1) is 0 Å². The minimum Gasteiger partial charge on any atom is -0.382 e. The van der Waals surface area contributed by atoms with Gasteiger partial charge in [0.2, 0.25) is 0 Å². The molecule has 0 aliphatic heterocycles. The van der Waals surface area contributed by atoms with Gasteiger partial charge in [-0.25, -0.2) is 0 Å². The molecule has 1 atom stereocenters. The van der Waals surface area contributed by atoms with Crippen molar-refractivity contribution in [2.45, 2.75) is 31.7 Å². The van der Waals surface area contributed by atoms with E-state index in [0.29, 0.717) is 39.0 Å². The highest BCUT2D eigenvalue weighted by molar-refractivity contribution is 4.77. The van der Waals surface area contributed by atoms with Crippen LogP contribution in [0, 0.1) is 5.92 Å². The van der Waals surface area contributed by atoms with Gasteiger partial charge >= 0.3 is 0 Å². The summed E-state index contributed by atoms with van der Waals surface area (Å²) in [7, 11) is 1.67. The van der Waals surface area contributed by atoms with Crippen molar-refractivity contribution in [1.82, 2.24) is 0 Å². The standard InChI is InChI=1S/C12H25NO3/c1-14-6-7-15-8-9-16-10-12(13)11-4-2-3-5-11/h11-12H,2-10,13H2,1H3. The Morgan fingerprint density at radius 1 is 1.06 bits per heavy atom. The highest BCUT2D eigenvalue weighted by Gasteiger charge is 2.21. The highest BCUT2D eigenvalue weighted by atomic mass is 16.5. The van der Waals surface area contributed by atoms with Gasteiger partial charge in [0.15, 0.2) is 0 Å². The lowest BCUT2D eigenvalue weighted by Gasteiger charge is -2.18. The zero-order valence-corrected chi connectivity index (χ0v) is 10.3. The van der Waals surface area contributed by atoms with Gasteiger partial charge in [-0.05, 0) is 18.8 Å². The molecular weight excluding hydrogens is 206 g/mol. The monoisotopic (exact) mass is 231 g/mol. The van der Waals surface area contributed by atoms with E-state index < -0.39 is 0 Å². The van der Waals surface area contributed by atoms with Crippen LogP contribution in [-0.2, 0) is 14.2 Å². The number of ether oxygens (including phenoxy) is 3. The van der Waals surface area contributed by atoms with Crippen LogP contribution in [0.5, 0.6) is 0 Å². The van der Waals surface area contributed by atoms with Crippen molar-refractivity contribution in [3.63, 3.8) is 0 Å². The SMILES string of the molecule is COCCOCCOCC(N)C1CCCC1. The van der Waals surface area contributed by atoms with Crippen LogP contribution in [0.15, 0.2) is 0 Å². The Morgan fingerprint density at radius 2 is 1.69 bits per heavy atom. The number of nitrogens with two attached hydrogens (primary N) is 1. The van der Waals surface area contributed by atoms with Gasteiger partial charge in [-0.3, -0.25) is 0 Å². The average Bonchev–Trinajstić information content (AvgIpc) is 2.81. The Hall–Kier alpha value is -0.160. The molecule has 0 bridgehead atoms. The van der Waals surface area contributed by atoms with Gasteiger partial charge in [0, 0.05) is 13.2 Å². The molecule has 0 saturated heterocycles. The molecule has 4 heteroatoms. The maximum Gasteiger partial charge on any atom is 0.0701 e. The predicted octanol–water partition coefficient (Wildman–Crippen LogP) is 1.18. The van der Waals surface area contributed by atoms with Crippen molar-refractivity contribution in [2.75, 3.05) is 40.1 Å². The molecule has 0 aromatic rings. The third-order valence-corrected chi connectivity index (χ3v) is 3.12. The molecule has 1 aliphatic carbocycles. The van der Waals surface area contributed by atoms with Crippen LogP contribution in [0.2, 0.25) is 0 Å². The van der Waals surface area contributed by atoms with Crippen LogP contribution in [-0.4, -0.2) is 46.2 Å². The van der Waals surface area contributed by atoms with E-state index in [0.717, 1.165) is 0 Å². The first kappa shape index (κ1) is 13.9. The summed E-state index contributed by atoms with van der Waals surface area (Å²) in [5.41, 5.74) is 6.06. The lowest BCUT2D eigenvalue weighted by molar-refractivity contribution is 0.0183. The van der Waals surface area contributed by atoms with E-state index >= 15 is 0 Å². The third-order valence-electron chi connectivity index (χ3n) is 3.12. The average molecular weight is 231 g/mol. The molecule has 1 aliphatic rings. The minimum atomic E-state index is 0.210. The Bertz CT molecular complexity index is 160. The first-order valence-electron chi connectivity index (χ1n) is 6.24. The van der Waals surface area contributed by atoms with Crippen molar-refractivity contribution in [1.29, 1.82) is 0 Å². The number of rotatable bonds is 9. The van der Waals surface area contributed by atoms with E-state index in [1.807, 2.05) is 0 Å². The number of hydrogen-bond donors (Lipinski definition) is 1. The Morgan fingerprint density at radius 3 is 2.38 bits per heavy atom. The van der Waals surface area contributed by atoms with E-state index in [9.17, 15) is 0 Å². The van der Waals surface area contributed by atoms with Crippen molar-refractivity contribution in [2.24, 2.45) is 11.7 Å². The summed E-state index contributed by atoms with van der Waals surface area (Å²) in [5, 5.41) is 0. The topological polar surface area (TPSA) is 53.7 Å². The van der Waals surface area contributed by atoms with Crippen LogP contribution >= 0.6 is 0 Å². The molecule has 96 valence electrons. The fraction of sp³-hybridized carbons (Fsp3) is 1.00. The van der Waals surface area contributed by atoms with Crippen LogP contribution < -0.4 is 5.73 Å². The van der Waals surface area contributed by atoms with E-state index in [1.165, 1.54) is 25.7 Å². The lowest BCUT2D eigenvalue weighted by atomic mass is 10.00.